The Hall–Kier alpha value is -1.80. The first kappa shape index (κ1) is 11.7. The number of alkyl halides is 1. The maximum atomic E-state index is 11.9. The number of carbonyl (C=O) groups excluding carboxylic acids is 1. The third kappa shape index (κ3) is 3.08. The molecule has 1 amide bonds. The van der Waals surface area contributed by atoms with Crippen molar-refractivity contribution in [3.05, 3.63) is 65.7 Å². The molecule has 0 bridgehead atoms. The second kappa shape index (κ2) is 5.51. The van der Waals surface area contributed by atoms with Crippen LogP contribution in [0.3, 0.4) is 0 Å². The summed E-state index contributed by atoms with van der Waals surface area (Å²) in [6.45, 7) is 0. The van der Waals surface area contributed by atoms with Gasteiger partial charge in [-0.1, -0.05) is 30.3 Å². The molecular weight excluding hydrogens is 234 g/mol. The highest BCUT2D eigenvalue weighted by Gasteiger charge is 2.05. The Labute approximate surface area is 105 Å². The maximum Gasteiger partial charge on any atom is 0.255 e. The minimum Gasteiger partial charge on any atom is -0.322 e. The molecular formula is C14H12ClNO. The van der Waals surface area contributed by atoms with Crippen molar-refractivity contribution >= 4 is 23.2 Å². The van der Waals surface area contributed by atoms with Gasteiger partial charge in [0.25, 0.3) is 5.91 Å². The fraction of sp³-hybridized carbons (Fsp3) is 0.0714. The summed E-state index contributed by atoms with van der Waals surface area (Å²) in [5, 5.41) is 2.82. The smallest absolute Gasteiger partial charge is 0.255 e. The second-order valence-electron chi connectivity index (χ2n) is 3.65. The standard InChI is InChI=1S/C14H12ClNO/c15-10-11-6-8-12(9-7-11)14(17)16-13-4-2-1-3-5-13/h1-9H,10H2,(H,16,17). The normalized spacial score (nSPS) is 9.94. The van der Waals surface area contributed by atoms with Gasteiger partial charge in [-0.25, -0.2) is 0 Å². The zero-order chi connectivity index (χ0) is 12.1. The van der Waals surface area contributed by atoms with Crippen molar-refractivity contribution in [3.63, 3.8) is 0 Å². The maximum absolute atomic E-state index is 11.9. The van der Waals surface area contributed by atoms with E-state index in [4.69, 9.17) is 11.6 Å². The van der Waals surface area contributed by atoms with Crippen LogP contribution in [0.5, 0.6) is 0 Å². The lowest BCUT2D eigenvalue weighted by Crippen LogP contribution is -2.11. The van der Waals surface area contributed by atoms with E-state index in [1.54, 1.807) is 12.1 Å². The first-order valence-electron chi connectivity index (χ1n) is 5.31. The zero-order valence-electron chi connectivity index (χ0n) is 9.19. The van der Waals surface area contributed by atoms with Crippen LogP contribution in [-0.2, 0) is 5.88 Å². The van der Waals surface area contributed by atoms with E-state index in [1.165, 1.54) is 0 Å². The van der Waals surface area contributed by atoms with Gasteiger partial charge in [-0.15, -0.1) is 11.6 Å². The molecule has 0 aromatic heterocycles. The summed E-state index contributed by atoms with van der Waals surface area (Å²) in [6, 6.07) is 16.6. The Kier molecular flexibility index (Phi) is 3.78. The molecule has 0 fully saturated rings. The van der Waals surface area contributed by atoms with Crippen molar-refractivity contribution in [2.24, 2.45) is 0 Å². The van der Waals surface area contributed by atoms with E-state index in [0.717, 1.165) is 11.3 Å². The molecule has 3 heteroatoms. The molecule has 0 saturated heterocycles. The number of amides is 1. The Balaban J connectivity index is 2.09. The SMILES string of the molecule is O=C(Nc1ccccc1)c1ccc(CCl)cc1. The Morgan fingerprint density at radius 2 is 1.65 bits per heavy atom. The largest absolute Gasteiger partial charge is 0.322 e. The Bertz CT molecular complexity index is 493. The van der Waals surface area contributed by atoms with Gasteiger partial charge in [-0.2, -0.15) is 0 Å². The summed E-state index contributed by atoms with van der Waals surface area (Å²) >= 11 is 5.69. The molecule has 0 spiro atoms. The lowest BCUT2D eigenvalue weighted by Gasteiger charge is -2.05. The summed E-state index contributed by atoms with van der Waals surface area (Å²) in [5.41, 5.74) is 2.42. The molecule has 2 aromatic carbocycles. The second-order valence-corrected chi connectivity index (χ2v) is 3.92. The van der Waals surface area contributed by atoms with Crippen LogP contribution in [0.2, 0.25) is 0 Å². The predicted molar refractivity (Wildman–Crippen MR) is 70.4 cm³/mol. The highest BCUT2D eigenvalue weighted by Crippen LogP contribution is 2.10. The number of anilines is 1. The van der Waals surface area contributed by atoms with Crippen LogP contribution in [-0.4, -0.2) is 5.91 Å². The van der Waals surface area contributed by atoms with E-state index in [0.29, 0.717) is 11.4 Å². The van der Waals surface area contributed by atoms with Crippen molar-refractivity contribution in [1.82, 2.24) is 0 Å². The van der Waals surface area contributed by atoms with Gasteiger partial charge in [0.05, 0.1) is 0 Å². The van der Waals surface area contributed by atoms with E-state index in [1.807, 2.05) is 42.5 Å². The molecule has 2 nitrogen and oxygen atoms in total. The minimum atomic E-state index is -0.114. The fourth-order valence-corrected chi connectivity index (χ4v) is 1.65. The summed E-state index contributed by atoms with van der Waals surface area (Å²) in [4.78, 5) is 11.9. The predicted octanol–water partition coefficient (Wildman–Crippen LogP) is 3.68. The van der Waals surface area contributed by atoms with Crippen molar-refractivity contribution in [1.29, 1.82) is 0 Å². The van der Waals surface area contributed by atoms with Gasteiger partial charge in [0, 0.05) is 17.1 Å². The Morgan fingerprint density at radius 1 is 1.00 bits per heavy atom. The van der Waals surface area contributed by atoms with Crippen LogP contribution < -0.4 is 5.32 Å². The third-order valence-electron chi connectivity index (χ3n) is 2.40. The van der Waals surface area contributed by atoms with Crippen molar-refractivity contribution in [2.75, 3.05) is 5.32 Å². The van der Waals surface area contributed by atoms with Crippen LogP contribution in [0.1, 0.15) is 15.9 Å². The molecule has 86 valence electrons. The molecule has 0 aliphatic carbocycles. The molecule has 0 aliphatic heterocycles. The Morgan fingerprint density at radius 3 is 2.24 bits per heavy atom. The highest BCUT2D eigenvalue weighted by atomic mass is 35.5. The minimum absolute atomic E-state index is 0.114. The summed E-state index contributed by atoms with van der Waals surface area (Å²) in [7, 11) is 0. The van der Waals surface area contributed by atoms with E-state index in [-0.39, 0.29) is 5.91 Å². The van der Waals surface area contributed by atoms with E-state index in [9.17, 15) is 4.79 Å². The molecule has 2 aromatic rings. The summed E-state index contributed by atoms with van der Waals surface area (Å²) < 4.78 is 0. The first-order valence-corrected chi connectivity index (χ1v) is 5.84. The van der Waals surface area contributed by atoms with Gasteiger partial charge in [0.2, 0.25) is 0 Å². The van der Waals surface area contributed by atoms with Gasteiger partial charge in [-0.05, 0) is 29.8 Å². The zero-order valence-corrected chi connectivity index (χ0v) is 9.95. The fourth-order valence-electron chi connectivity index (χ4n) is 1.47. The molecule has 0 radical (unpaired) electrons. The average Bonchev–Trinajstić information content (AvgIpc) is 2.40. The molecule has 0 aliphatic rings. The molecule has 0 saturated carbocycles. The number of para-hydroxylation sites is 1. The van der Waals surface area contributed by atoms with E-state index < -0.39 is 0 Å². The van der Waals surface area contributed by atoms with Crippen molar-refractivity contribution in [3.8, 4) is 0 Å². The molecule has 1 N–H and O–H groups in total. The molecule has 0 unspecified atom stereocenters. The number of hydrogen-bond donors (Lipinski definition) is 1. The van der Waals surface area contributed by atoms with E-state index in [2.05, 4.69) is 5.32 Å². The monoisotopic (exact) mass is 245 g/mol. The molecule has 17 heavy (non-hydrogen) atoms. The van der Waals surface area contributed by atoms with Crippen LogP contribution in [0, 0.1) is 0 Å². The lowest BCUT2D eigenvalue weighted by molar-refractivity contribution is 0.102. The van der Waals surface area contributed by atoms with E-state index >= 15 is 0 Å². The van der Waals surface area contributed by atoms with Crippen LogP contribution in [0.4, 0.5) is 5.69 Å². The summed E-state index contributed by atoms with van der Waals surface area (Å²) in [6.07, 6.45) is 0. The number of benzene rings is 2. The van der Waals surface area contributed by atoms with Gasteiger partial charge >= 0.3 is 0 Å². The topological polar surface area (TPSA) is 29.1 Å². The van der Waals surface area contributed by atoms with Crippen LogP contribution in [0.15, 0.2) is 54.6 Å². The van der Waals surface area contributed by atoms with Gasteiger partial charge < -0.3 is 5.32 Å². The highest BCUT2D eigenvalue weighted by molar-refractivity contribution is 6.17. The quantitative estimate of drug-likeness (QED) is 0.822. The average molecular weight is 246 g/mol. The van der Waals surface area contributed by atoms with Crippen LogP contribution in [0.25, 0.3) is 0 Å². The van der Waals surface area contributed by atoms with Crippen molar-refractivity contribution < 1.29 is 4.79 Å². The third-order valence-corrected chi connectivity index (χ3v) is 2.71. The number of carbonyl (C=O) groups is 1. The molecule has 0 heterocycles. The molecule has 0 atom stereocenters. The van der Waals surface area contributed by atoms with Crippen molar-refractivity contribution in [2.45, 2.75) is 5.88 Å². The molecule has 2 rings (SSSR count). The lowest BCUT2D eigenvalue weighted by atomic mass is 10.1. The number of nitrogens with one attached hydrogen (secondary N) is 1. The van der Waals surface area contributed by atoms with Gasteiger partial charge in [0.15, 0.2) is 0 Å². The number of hydrogen-bond acceptors (Lipinski definition) is 1. The van der Waals surface area contributed by atoms with Crippen LogP contribution >= 0.6 is 11.6 Å². The van der Waals surface area contributed by atoms with Gasteiger partial charge in [-0.3, -0.25) is 4.79 Å². The number of rotatable bonds is 3. The number of halogens is 1. The van der Waals surface area contributed by atoms with Gasteiger partial charge in [0.1, 0.15) is 0 Å². The summed E-state index contributed by atoms with van der Waals surface area (Å²) in [5.74, 6) is 0.345. The first-order chi connectivity index (χ1) is 8.29.